The highest BCUT2D eigenvalue weighted by atomic mass is 127. The van der Waals surface area contributed by atoms with Crippen LogP contribution in [-0.2, 0) is 0 Å². The number of rotatable bonds is 6. The lowest BCUT2D eigenvalue weighted by Crippen LogP contribution is -3.00. The average molecular weight is 1160 g/mol. The minimum Gasteiger partial charge on any atom is -0.418 e. The zero-order valence-electron chi connectivity index (χ0n) is 35.3. The molecule has 4 nitrogen and oxygen atoms in total. The Hall–Kier alpha value is -4.04. The van der Waals surface area contributed by atoms with Gasteiger partial charge in [0, 0.05) is 61.5 Å². The molecule has 6 saturated heterocycles. The van der Waals surface area contributed by atoms with Crippen molar-refractivity contribution in [2.45, 2.75) is 12.1 Å². The highest BCUT2D eigenvalue weighted by Gasteiger charge is 2.48. The van der Waals surface area contributed by atoms with Gasteiger partial charge >= 0.3 is 21.8 Å². The zero-order chi connectivity index (χ0) is 52.2. The fraction of sp³-hybridized carbons (Fsp3) is 0.368. The lowest BCUT2D eigenvalue weighted by atomic mass is 9.91. The molecular weight excluding hydrogens is 1130 g/mol. The molecule has 32 heteroatoms. The molecule has 4 aromatic carbocycles. The van der Waals surface area contributed by atoms with Crippen molar-refractivity contribution in [1.29, 1.82) is 0 Å². The summed E-state index contributed by atoms with van der Waals surface area (Å²) in [5.41, 5.74) is 0.304. The molecule has 392 valence electrons. The van der Waals surface area contributed by atoms with E-state index in [1.165, 1.54) is 0 Å². The molecule has 6 aliphatic rings. The SMILES string of the molecule is F[B-](F)(F)F.F[B-](F)(F)F.F[B-](F)(F)F.Fc1cc(C(c2cc(F)c(F)c(F)c2)[N+]23CCN(CC2)CC3)cc(F)c1F.Fc1cc(C(c2cc(F)c(F)c(F)c2)[N+]23CCN(CC2)CC3)cc(F)c1F.[IH2+]. The van der Waals surface area contributed by atoms with Crippen LogP contribution in [0.1, 0.15) is 34.3 Å². The molecule has 0 radical (unpaired) electrons. The van der Waals surface area contributed by atoms with Crippen molar-refractivity contribution in [3.63, 3.8) is 0 Å². The van der Waals surface area contributed by atoms with Crippen LogP contribution in [0.5, 0.6) is 0 Å². The maximum atomic E-state index is 13.9. The minimum atomic E-state index is -6.00. The van der Waals surface area contributed by atoms with Crippen molar-refractivity contribution in [2.24, 2.45) is 0 Å². The van der Waals surface area contributed by atoms with Crippen LogP contribution in [0.4, 0.5) is 104 Å². The number of piperazine rings is 6. The number of halogens is 25. The van der Waals surface area contributed by atoms with Crippen LogP contribution in [0.15, 0.2) is 48.5 Å². The first-order chi connectivity index (χ1) is 31.6. The number of fused-ring (bicyclic) bond motifs is 6. The second-order valence-corrected chi connectivity index (χ2v) is 15.9. The molecule has 6 aliphatic heterocycles. The number of quaternary nitrogens is 2. The second kappa shape index (κ2) is 23.7. The van der Waals surface area contributed by atoms with Gasteiger partial charge < -0.3 is 60.8 Å². The van der Waals surface area contributed by atoms with Gasteiger partial charge in [-0.15, -0.1) is 0 Å². The van der Waals surface area contributed by atoms with E-state index >= 15 is 0 Å². The first kappa shape index (κ1) is 60.3. The van der Waals surface area contributed by atoms with Gasteiger partial charge in [0.05, 0.1) is 39.3 Å². The van der Waals surface area contributed by atoms with Crippen molar-refractivity contribution in [3.05, 3.63) is 141 Å². The fourth-order valence-corrected chi connectivity index (χ4v) is 8.74. The van der Waals surface area contributed by atoms with E-state index in [1.807, 2.05) is 0 Å². The first-order valence-electron chi connectivity index (χ1n) is 20.0. The fourth-order valence-electron chi connectivity index (χ4n) is 8.74. The summed E-state index contributed by atoms with van der Waals surface area (Å²) >= 11 is 0. The molecule has 0 aromatic heterocycles. The largest absolute Gasteiger partial charge is 0.673 e. The van der Waals surface area contributed by atoms with Gasteiger partial charge in [-0.3, -0.25) is 9.80 Å². The summed E-state index contributed by atoms with van der Waals surface area (Å²) in [6.07, 6.45) is 0. The monoisotopic (exact) mass is 1160 g/mol. The van der Waals surface area contributed by atoms with Crippen molar-refractivity contribution < 1.29 is 137 Å². The van der Waals surface area contributed by atoms with Crippen molar-refractivity contribution in [3.8, 4) is 0 Å². The van der Waals surface area contributed by atoms with Gasteiger partial charge in [-0.05, 0) is 48.5 Å². The van der Waals surface area contributed by atoms with E-state index in [9.17, 15) is 104 Å². The molecule has 0 unspecified atom stereocenters. The predicted molar refractivity (Wildman–Crippen MR) is 205 cm³/mol. The quantitative estimate of drug-likeness (QED) is 0.0639. The topological polar surface area (TPSA) is 6.48 Å². The van der Waals surface area contributed by atoms with E-state index in [0.717, 1.165) is 87.8 Å². The summed E-state index contributed by atoms with van der Waals surface area (Å²) in [6, 6.07) is 5.20. The number of nitrogens with zero attached hydrogens (tertiary/aromatic N) is 4. The number of benzene rings is 4. The van der Waals surface area contributed by atoms with Crippen molar-refractivity contribution in [1.82, 2.24) is 9.80 Å². The molecule has 6 heterocycles. The summed E-state index contributed by atoms with van der Waals surface area (Å²) in [6.45, 7) is 8.00. The average Bonchev–Trinajstić information content (AvgIpc) is 3.22. The maximum absolute atomic E-state index is 13.9. The Balaban J connectivity index is 0.000000284. The highest BCUT2D eigenvalue weighted by Crippen LogP contribution is 2.42. The molecule has 0 aliphatic carbocycles. The van der Waals surface area contributed by atoms with E-state index in [4.69, 9.17) is 0 Å². The Morgan fingerprint density at radius 3 is 0.557 bits per heavy atom. The first-order valence-corrected chi connectivity index (χ1v) is 20.0. The Kier molecular flexibility index (Phi) is 20.4. The number of hydrogen-bond acceptors (Lipinski definition) is 2. The van der Waals surface area contributed by atoms with Gasteiger partial charge in [0.1, 0.15) is 12.1 Å². The third-order valence-corrected chi connectivity index (χ3v) is 11.6. The number of hydrogen-bond donors (Lipinski definition) is 0. The van der Waals surface area contributed by atoms with Crippen LogP contribution >= 0.6 is 0 Å². The van der Waals surface area contributed by atoms with Gasteiger partial charge in [-0.25, -0.2) is 52.7 Å². The summed E-state index contributed by atoms with van der Waals surface area (Å²) in [4.78, 5) is 4.46. The lowest BCUT2D eigenvalue weighted by molar-refractivity contribution is -0.963. The predicted octanol–water partition coefficient (Wildman–Crippen LogP) is 7.88. The second-order valence-electron chi connectivity index (χ2n) is 15.9. The molecule has 4 aromatic rings. The zero-order valence-corrected chi connectivity index (χ0v) is 37.9. The van der Waals surface area contributed by atoms with Gasteiger partial charge in [-0.1, -0.05) is 0 Å². The summed E-state index contributed by atoms with van der Waals surface area (Å²) in [5.74, 6) is -17.3. The molecule has 70 heavy (non-hydrogen) atoms. The van der Waals surface area contributed by atoms with E-state index in [-0.39, 0.29) is 46.2 Å². The standard InChI is InChI=1S/2C19H17F6N2.3BF4.H2I/c2*20-13-7-11(8-14(21)17(13)24)19(12-9-15(22)18(25)16(23)10-12)27-4-1-26(2-5-27)3-6-27;3*2-1(3,4)5;/h2*7-10,19H,1-6H2;;;;1H2/q2*+1;3*-1;+1. The van der Waals surface area contributed by atoms with Crippen LogP contribution in [0, 0.1) is 69.8 Å². The molecule has 0 N–H and O–H groups in total. The summed E-state index contributed by atoms with van der Waals surface area (Å²) in [5, 5.41) is 0. The molecule has 4 bridgehead atoms. The molecule has 0 amide bonds. The van der Waals surface area contributed by atoms with E-state index < -0.39 is 104 Å². The normalized spacial score (nSPS) is 21.6. The Bertz CT molecular complexity index is 1980. The molecule has 0 atom stereocenters. The third kappa shape index (κ3) is 16.5. The molecule has 0 spiro atoms. The van der Waals surface area contributed by atoms with Gasteiger partial charge in [0.2, 0.25) is 24.0 Å². The van der Waals surface area contributed by atoms with E-state index in [1.54, 1.807) is 0 Å². The third-order valence-electron chi connectivity index (χ3n) is 11.6. The molecular formula is C38H36B3F24IN4. The van der Waals surface area contributed by atoms with Crippen molar-refractivity contribution >= 4 is 21.8 Å². The van der Waals surface area contributed by atoms with Gasteiger partial charge in [0.15, 0.2) is 69.8 Å². The van der Waals surface area contributed by atoms with E-state index in [0.29, 0.717) is 48.2 Å². The van der Waals surface area contributed by atoms with E-state index in [2.05, 4.69) is 9.80 Å². The van der Waals surface area contributed by atoms with Crippen LogP contribution < -0.4 is 24.0 Å². The van der Waals surface area contributed by atoms with Crippen LogP contribution in [0.3, 0.4) is 0 Å². The van der Waals surface area contributed by atoms with Crippen LogP contribution in [0.2, 0.25) is 0 Å². The summed E-state index contributed by atoms with van der Waals surface area (Å²) < 4.78 is 283. The molecule has 10 rings (SSSR count). The van der Waals surface area contributed by atoms with Crippen LogP contribution in [0.25, 0.3) is 0 Å². The summed E-state index contributed by atoms with van der Waals surface area (Å²) in [7, 11) is -18.0. The van der Waals surface area contributed by atoms with Gasteiger partial charge in [-0.2, -0.15) is 0 Å². The Morgan fingerprint density at radius 1 is 0.300 bits per heavy atom. The molecule has 6 fully saturated rings. The van der Waals surface area contributed by atoms with Gasteiger partial charge in [0.25, 0.3) is 0 Å². The highest BCUT2D eigenvalue weighted by molar-refractivity contribution is 6.50. The van der Waals surface area contributed by atoms with Crippen LogP contribution in [-0.4, -0.2) is 119 Å². The Labute approximate surface area is 399 Å². The minimum absolute atomic E-state index is 0. The maximum Gasteiger partial charge on any atom is 0.673 e. The smallest absolute Gasteiger partial charge is 0.418 e. The van der Waals surface area contributed by atoms with Crippen molar-refractivity contribution in [2.75, 3.05) is 78.5 Å². The molecule has 0 saturated carbocycles. The Morgan fingerprint density at radius 2 is 0.429 bits per heavy atom. The lowest BCUT2D eigenvalue weighted by Gasteiger charge is -2.54.